The molecular weight excluding hydrogens is 398 g/mol. The Morgan fingerprint density at radius 2 is 2.15 bits per heavy atom. The number of halogens is 1. The van der Waals surface area contributed by atoms with Crippen molar-refractivity contribution in [2.45, 2.75) is 19.9 Å². The lowest BCUT2D eigenvalue weighted by Gasteiger charge is -2.18. The summed E-state index contributed by atoms with van der Waals surface area (Å²) in [5.74, 6) is 1.16. The van der Waals surface area contributed by atoms with Crippen LogP contribution in [0.3, 0.4) is 0 Å². The van der Waals surface area contributed by atoms with Gasteiger partial charge in [0.25, 0.3) is 5.91 Å². The second-order valence-electron chi connectivity index (χ2n) is 5.96. The second-order valence-corrected chi connectivity index (χ2v) is 6.81. The standard InChI is InChI=1S/C19H20BrN3O3/c1-12-9-13(2)23(22-12)17(18-5-4-8-26-18)11-21-19(24)15-10-14(25-3)6-7-16(15)20/h4-10,17H,11H2,1-3H3,(H,21,24). The first-order valence-electron chi connectivity index (χ1n) is 8.17. The summed E-state index contributed by atoms with van der Waals surface area (Å²) in [5, 5.41) is 7.51. The highest BCUT2D eigenvalue weighted by Crippen LogP contribution is 2.24. The van der Waals surface area contributed by atoms with Gasteiger partial charge in [0.1, 0.15) is 17.6 Å². The van der Waals surface area contributed by atoms with Gasteiger partial charge in [-0.05, 0) is 66.2 Å². The van der Waals surface area contributed by atoms with Gasteiger partial charge in [-0.1, -0.05) is 0 Å². The van der Waals surface area contributed by atoms with Crippen LogP contribution in [-0.4, -0.2) is 29.3 Å². The van der Waals surface area contributed by atoms with Crippen LogP contribution in [0.25, 0.3) is 0 Å². The van der Waals surface area contributed by atoms with E-state index < -0.39 is 0 Å². The lowest BCUT2D eigenvalue weighted by atomic mass is 10.1. The van der Waals surface area contributed by atoms with E-state index in [1.165, 1.54) is 0 Å². The molecule has 0 radical (unpaired) electrons. The predicted octanol–water partition coefficient (Wildman–Crippen LogP) is 3.88. The number of carbonyl (C=O) groups is 1. The number of amides is 1. The van der Waals surface area contributed by atoms with Crippen molar-refractivity contribution in [3.05, 3.63) is 69.8 Å². The first kappa shape index (κ1) is 18.3. The molecular formula is C19H20BrN3O3. The fraction of sp³-hybridized carbons (Fsp3) is 0.263. The number of benzene rings is 1. The minimum absolute atomic E-state index is 0.200. The molecule has 1 N–H and O–H groups in total. The van der Waals surface area contributed by atoms with Crippen molar-refractivity contribution in [3.8, 4) is 5.75 Å². The molecule has 0 saturated heterocycles. The van der Waals surface area contributed by atoms with Gasteiger partial charge >= 0.3 is 0 Å². The maximum absolute atomic E-state index is 12.7. The number of furan rings is 1. The van der Waals surface area contributed by atoms with E-state index in [1.807, 2.05) is 36.7 Å². The van der Waals surface area contributed by atoms with E-state index in [-0.39, 0.29) is 11.9 Å². The third kappa shape index (κ3) is 3.83. The molecule has 3 aromatic rings. The number of hydrogen-bond donors (Lipinski definition) is 1. The van der Waals surface area contributed by atoms with Crippen LogP contribution in [-0.2, 0) is 0 Å². The van der Waals surface area contributed by atoms with Crippen molar-refractivity contribution in [1.82, 2.24) is 15.1 Å². The SMILES string of the molecule is COc1ccc(Br)c(C(=O)NCC(c2ccco2)n2nc(C)cc2C)c1. The summed E-state index contributed by atoms with van der Waals surface area (Å²) in [6.45, 7) is 4.27. The molecule has 136 valence electrons. The predicted molar refractivity (Wildman–Crippen MR) is 102 cm³/mol. The molecule has 0 fully saturated rings. The van der Waals surface area contributed by atoms with Crippen molar-refractivity contribution in [3.63, 3.8) is 0 Å². The Kier molecular flexibility index (Phi) is 5.46. The zero-order valence-corrected chi connectivity index (χ0v) is 16.4. The van der Waals surface area contributed by atoms with E-state index in [9.17, 15) is 4.79 Å². The minimum Gasteiger partial charge on any atom is -0.497 e. The van der Waals surface area contributed by atoms with E-state index in [4.69, 9.17) is 9.15 Å². The maximum atomic E-state index is 12.7. The van der Waals surface area contributed by atoms with Crippen LogP contribution < -0.4 is 10.1 Å². The number of nitrogens with zero attached hydrogens (tertiary/aromatic N) is 2. The van der Waals surface area contributed by atoms with Crippen molar-refractivity contribution in [2.75, 3.05) is 13.7 Å². The molecule has 7 heteroatoms. The molecule has 0 saturated carbocycles. The molecule has 3 rings (SSSR count). The number of methoxy groups -OCH3 is 1. The second kappa shape index (κ2) is 7.78. The van der Waals surface area contributed by atoms with Gasteiger partial charge < -0.3 is 14.5 Å². The lowest BCUT2D eigenvalue weighted by Crippen LogP contribution is -2.32. The highest BCUT2D eigenvalue weighted by atomic mass is 79.9. The molecule has 2 heterocycles. The fourth-order valence-corrected chi connectivity index (χ4v) is 3.27. The van der Waals surface area contributed by atoms with E-state index in [0.29, 0.717) is 22.3 Å². The maximum Gasteiger partial charge on any atom is 0.252 e. The van der Waals surface area contributed by atoms with Crippen molar-refractivity contribution in [2.24, 2.45) is 0 Å². The summed E-state index contributed by atoms with van der Waals surface area (Å²) >= 11 is 3.41. The summed E-state index contributed by atoms with van der Waals surface area (Å²) < 4.78 is 13.3. The lowest BCUT2D eigenvalue weighted by molar-refractivity contribution is 0.0946. The number of hydrogen-bond acceptors (Lipinski definition) is 4. The Hall–Kier alpha value is -2.54. The summed E-state index contributed by atoms with van der Waals surface area (Å²) in [7, 11) is 1.57. The van der Waals surface area contributed by atoms with E-state index >= 15 is 0 Å². The smallest absolute Gasteiger partial charge is 0.252 e. The van der Waals surface area contributed by atoms with Crippen molar-refractivity contribution >= 4 is 21.8 Å². The number of carbonyl (C=O) groups excluding carboxylic acids is 1. The number of nitrogens with one attached hydrogen (secondary N) is 1. The molecule has 1 atom stereocenters. The molecule has 1 amide bonds. The van der Waals surface area contributed by atoms with Gasteiger partial charge in [0, 0.05) is 16.7 Å². The topological polar surface area (TPSA) is 69.3 Å². The Bertz CT molecular complexity index is 903. The third-order valence-electron chi connectivity index (χ3n) is 4.09. The Balaban J connectivity index is 1.82. The largest absolute Gasteiger partial charge is 0.497 e. The molecule has 26 heavy (non-hydrogen) atoms. The molecule has 0 spiro atoms. The molecule has 6 nitrogen and oxygen atoms in total. The minimum atomic E-state index is -0.230. The molecule has 0 aliphatic carbocycles. The average Bonchev–Trinajstić information content (AvgIpc) is 3.26. The summed E-state index contributed by atoms with van der Waals surface area (Å²) in [4.78, 5) is 12.7. The Morgan fingerprint density at radius 1 is 1.35 bits per heavy atom. The van der Waals surface area contributed by atoms with E-state index in [1.54, 1.807) is 31.6 Å². The molecule has 1 aromatic carbocycles. The highest BCUT2D eigenvalue weighted by molar-refractivity contribution is 9.10. The van der Waals surface area contributed by atoms with Crippen LogP contribution in [0.5, 0.6) is 5.75 Å². The van der Waals surface area contributed by atoms with Gasteiger partial charge in [0.05, 0.1) is 24.6 Å². The van der Waals surface area contributed by atoms with Crippen molar-refractivity contribution < 1.29 is 13.9 Å². The van der Waals surface area contributed by atoms with Gasteiger partial charge in [-0.2, -0.15) is 5.10 Å². The zero-order chi connectivity index (χ0) is 18.7. The van der Waals surface area contributed by atoms with Crippen LogP contribution in [0.2, 0.25) is 0 Å². The van der Waals surface area contributed by atoms with Crippen molar-refractivity contribution in [1.29, 1.82) is 0 Å². The van der Waals surface area contributed by atoms with Crippen LogP contribution in [0.15, 0.2) is 51.6 Å². The quantitative estimate of drug-likeness (QED) is 0.660. The molecule has 0 aliphatic rings. The number of ether oxygens (including phenoxy) is 1. The Labute approximate surface area is 160 Å². The fourth-order valence-electron chi connectivity index (χ4n) is 2.84. The monoisotopic (exact) mass is 417 g/mol. The number of aromatic nitrogens is 2. The van der Waals surface area contributed by atoms with Gasteiger partial charge in [-0.25, -0.2) is 0 Å². The molecule has 2 aromatic heterocycles. The first-order valence-corrected chi connectivity index (χ1v) is 8.96. The van der Waals surface area contributed by atoms with E-state index in [2.05, 4.69) is 26.3 Å². The summed E-state index contributed by atoms with van der Waals surface area (Å²) in [6, 6.07) is 10.8. The van der Waals surface area contributed by atoms with E-state index in [0.717, 1.165) is 17.1 Å². The van der Waals surface area contributed by atoms with Crippen LogP contribution in [0.1, 0.15) is 33.5 Å². The van der Waals surface area contributed by atoms with Crippen LogP contribution in [0, 0.1) is 13.8 Å². The third-order valence-corrected chi connectivity index (χ3v) is 4.78. The molecule has 0 bridgehead atoms. The van der Waals surface area contributed by atoms with Gasteiger partial charge in [0.15, 0.2) is 0 Å². The van der Waals surface area contributed by atoms with Gasteiger partial charge in [0.2, 0.25) is 0 Å². The summed E-state index contributed by atoms with van der Waals surface area (Å²) in [6.07, 6.45) is 1.62. The molecule has 1 unspecified atom stereocenters. The molecule has 0 aliphatic heterocycles. The number of rotatable bonds is 6. The Morgan fingerprint density at radius 3 is 2.77 bits per heavy atom. The zero-order valence-electron chi connectivity index (χ0n) is 14.8. The van der Waals surface area contributed by atoms with Crippen LogP contribution >= 0.6 is 15.9 Å². The summed E-state index contributed by atoms with van der Waals surface area (Å²) in [5.41, 5.74) is 2.43. The van der Waals surface area contributed by atoms with Gasteiger partial charge in [-0.3, -0.25) is 9.48 Å². The highest BCUT2D eigenvalue weighted by Gasteiger charge is 2.21. The average molecular weight is 418 g/mol. The number of aryl methyl sites for hydroxylation is 2. The van der Waals surface area contributed by atoms with Crippen LogP contribution in [0.4, 0.5) is 0 Å². The van der Waals surface area contributed by atoms with Gasteiger partial charge in [-0.15, -0.1) is 0 Å². The first-order chi connectivity index (χ1) is 12.5. The normalized spacial score (nSPS) is 12.0.